The number of halogens is 2. The summed E-state index contributed by atoms with van der Waals surface area (Å²) in [7, 11) is 0. The highest BCUT2D eigenvalue weighted by Crippen LogP contribution is 2.24. The molecule has 1 nitrogen and oxygen atoms in total. The van der Waals surface area contributed by atoms with Crippen molar-refractivity contribution in [1.82, 2.24) is 5.32 Å². The van der Waals surface area contributed by atoms with E-state index in [0.717, 1.165) is 23.7 Å². The fraction of sp³-hybridized carbons (Fsp3) is 0.455. The van der Waals surface area contributed by atoms with Crippen LogP contribution in [0.2, 0.25) is 0 Å². The van der Waals surface area contributed by atoms with Crippen LogP contribution in [-0.4, -0.2) is 18.8 Å². The van der Waals surface area contributed by atoms with Crippen molar-refractivity contribution in [3.63, 3.8) is 0 Å². The standard InChI is InChI=1S/C11H13F2NS/c12-10-2-1-9(5-11(10)13)15-7-8-3-4-14-6-8/h1-2,5,8,14H,3-4,6-7H2. The maximum atomic E-state index is 12.9. The summed E-state index contributed by atoms with van der Waals surface area (Å²) in [5, 5.41) is 3.28. The van der Waals surface area contributed by atoms with Gasteiger partial charge in [-0.1, -0.05) is 0 Å². The molecular formula is C11H13F2NS. The van der Waals surface area contributed by atoms with Crippen molar-refractivity contribution in [2.24, 2.45) is 5.92 Å². The van der Waals surface area contributed by atoms with Crippen molar-refractivity contribution in [3.8, 4) is 0 Å². The molecule has 0 bridgehead atoms. The van der Waals surface area contributed by atoms with Gasteiger partial charge in [0.15, 0.2) is 11.6 Å². The fourth-order valence-corrected chi connectivity index (χ4v) is 2.70. The van der Waals surface area contributed by atoms with Crippen molar-refractivity contribution in [1.29, 1.82) is 0 Å². The maximum Gasteiger partial charge on any atom is 0.159 e. The van der Waals surface area contributed by atoms with Crippen LogP contribution in [-0.2, 0) is 0 Å². The second-order valence-corrected chi connectivity index (χ2v) is 4.84. The molecule has 1 fully saturated rings. The van der Waals surface area contributed by atoms with Crippen LogP contribution in [0.5, 0.6) is 0 Å². The van der Waals surface area contributed by atoms with E-state index in [9.17, 15) is 8.78 Å². The van der Waals surface area contributed by atoms with Gasteiger partial charge in [0.25, 0.3) is 0 Å². The lowest BCUT2D eigenvalue weighted by atomic mass is 10.2. The maximum absolute atomic E-state index is 12.9. The minimum atomic E-state index is -0.776. The second-order valence-electron chi connectivity index (χ2n) is 3.75. The Balaban J connectivity index is 1.90. The third-order valence-electron chi connectivity index (χ3n) is 2.54. The number of hydrogen-bond donors (Lipinski definition) is 1. The minimum absolute atomic E-state index is 0.656. The van der Waals surface area contributed by atoms with Gasteiger partial charge in [0, 0.05) is 10.6 Å². The second kappa shape index (κ2) is 4.94. The van der Waals surface area contributed by atoms with E-state index < -0.39 is 11.6 Å². The lowest BCUT2D eigenvalue weighted by Gasteiger charge is -2.07. The average molecular weight is 229 g/mol. The Bertz CT molecular complexity index is 337. The van der Waals surface area contributed by atoms with Crippen molar-refractivity contribution >= 4 is 11.8 Å². The Kier molecular flexibility index (Phi) is 3.59. The van der Waals surface area contributed by atoms with Gasteiger partial charge in [0.05, 0.1) is 0 Å². The highest BCUT2D eigenvalue weighted by molar-refractivity contribution is 7.99. The molecule has 0 aromatic heterocycles. The number of rotatable bonds is 3. The first-order valence-electron chi connectivity index (χ1n) is 5.04. The molecule has 4 heteroatoms. The molecule has 15 heavy (non-hydrogen) atoms. The quantitative estimate of drug-likeness (QED) is 0.800. The molecule has 1 aromatic carbocycles. The molecule has 0 saturated carbocycles. The molecule has 0 aliphatic carbocycles. The summed E-state index contributed by atoms with van der Waals surface area (Å²) in [4.78, 5) is 0.806. The van der Waals surface area contributed by atoms with Gasteiger partial charge >= 0.3 is 0 Å². The van der Waals surface area contributed by atoms with Gasteiger partial charge < -0.3 is 5.32 Å². The summed E-state index contributed by atoms with van der Waals surface area (Å²) < 4.78 is 25.5. The molecule has 2 rings (SSSR count). The van der Waals surface area contributed by atoms with Crippen molar-refractivity contribution in [2.45, 2.75) is 11.3 Å². The highest BCUT2D eigenvalue weighted by Gasteiger charge is 2.14. The van der Waals surface area contributed by atoms with Gasteiger partial charge in [0.1, 0.15) is 0 Å². The Morgan fingerprint density at radius 2 is 2.20 bits per heavy atom. The van der Waals surface area contributed by atoms with Crippen molar-refractivity contribution < 1.29 is 8.78 Å². The van der Waals surface area contributed by atoms with Crippen LogP contribution in [0.1, 0.15) is 6.42 Å². The van der Waals surface area contributed by atoms with Gasteiger partial charge in [-0.2, -0.15) is 0 Å². The molecule has 0 amide bonds. The fourth-order valence-electron chi connectivity index (χ4n) is 1.64. The van der Waals surface area contributed by atoms with Crippen LogP contribution in [0.4, 0.5) is 8.78 Å². The van der Waals surface area contributed by atoms with E-state index in [1.807, 2.05) is 0 Å². The predicted molar refractivity (Wildman–Crippen MR) is 58.1 cm³/mol. The third-order valence-corrected chi connectivity index (χ3v) is 3.76. The summed E-state index contributed by atoms with van der Waals surface area (Å²) in [6.45, 7) is 2.11. The summed E-state index contributed by atoms with van der Waals surface area (Å²) >= 11 is 1.59. The largest absolute Gasteiger partial charge is 0.316 e. The molecule has 1 aliphatic rings. The number of thioether (sulfide) groups is 1. The molecule has 1 atom stereocenters. The topological polar surface area (TPSA) is 12.0 Å². The third kappa shape index (κ3) is 2.92. The van der Waals surface area contributed by atoms with Crippen LogP contribution in [0.15, 0.2) is 23.1 Å². The molecule has 1 aromatic rings. The van der Waals surface area contributed by atoms with Crippen LogP contribution in [0.3, 0.4) is 0 Å². The SMILES string of the molecule is Fc1ccc(SCC2CCNC2)cc1F. The number of nitrogens with one attached hydrogen (secondary N) is 1. The van der Waals surface area contributed by atoms with Gasteiger partial charge in [-0.25, -0.2) is 8.78 Å². The van der Waals surface area contributed by atoms with Gasteiger partial charge in [-0.15, -0.1) is 11.8 Å². The zero-order valence-corrected chi connectivity index (χ0v) is 9.12. The average Bonchev–Trinajstić information content (AvgIpc) is 2.73. The lowest BCUT2D eigenvalue weighted by molar-refractivity contribution is 0.506. The summed E-state index contributed by atoms with van der Waals surface area (Å²) in [6.07, 6.45) is 1.18. The van der Waals surface area contributed by atoms with Gasteiger partial charge in [-0.05, 0) is 43.6 Å². The van der Waals surface area contributed by atoms with Crippen molar-refractivity contribution in [2.75, 3.05) is 18.8 Å². The van der Waals surface area contributed by atoms with Gasteiger partial charge in [-0.3, -0.25) is 0 Å². The Labute approximate surface area is 92.3 Å². The van der Waals surface area contributed by atoms with E-state index in [1.54, 1.807) is 17.8 Å². The van der Waals surface area contributed by atoms with Gasteiger partial charge in [0.2, 0.25) is 0 Å². The molecule has 0 radical (unpaired) electrons. The molecule has 1 unspecified atom stereocenters. The first kappa shape index (κ1) is 10.9. The highest BCUT2D eigenvalue weighted by atomic mass is 32.2. The van der Waals surface area contributed by atoms with Crippen LogP contribution in [0.25, 0.3) is 0 Å². The molecule has 82 valence electrons. The minimum Gasteiger partial charge on any atom is -0.316 e. The molecule has 1 N–H and O–H groups in total. The normalized spacial score (nSPS) is 20.8. The zero-order valence-electron chi connectivity index (χ0n) is 8.30. The summed E-state index contributed by atoms with van der Waals surface area (Å²) in [5.74, 6) is 0.0903. The Morgan fingerprint density at radius 1 is 1.33 bits per heavy atom. The van der Waals surface area contributed by atoms with E-state index in [-0.39, 0.29) is 0 Å². The molecule has 1 aliphatic heterocycles. The van der Waals surface area contributed by atoms with Crippen LogP contribution >= 0.6 is 11.8 Å². The van der Waals surface area contributed by atoms with E-state index >= 15 is 0 Å². The van der Waals surface area contributed by atoms with E-state index in [4.69, 9.17) is 0 Å². The predicted octanol–water partition coefficient (Wildman–Crippen LogP) is 2.67. The van der Waals surface area contributed by atoms with E-state index in [1.165, 1.54) is 18.6 Å². The van der Waals surface area contributed by atoms with Crippen molar-refractivity contribution in [3.05, 3.63) is 29.8 Å². The Morgan fingerprint density at radius 3 is 2.87 bits per heavy atom. The van der Waals surface area contributed by atoms with Crippen LogP contribution in [0, 0.1) is 17.6 Å². The zero-order chi connectivity index (χ0) is 10.7. The number of hydrogen-bond acceptors (Lipinski definition) is 2. The van der Waals surface area contributed by atoms with E-state index in [2.05, 4.69) is 5.32 Å². The Hall–Kier alpha value is -0.610. The molecule has 0 spiro atoms. The summed E-state index contributed by atoms with van der Waals surface area (Å²) in [5.41, 5.74) is 0. The van der Waals surface area contributed by atoms with E-state index in [0.29, 0.717) is 5.92 Å². The smallest absolute Gasteiger partial charge is 0.159 e. The lowest BCUT2D eigenvalue weighted by Crippen LogP contribution is -2.10. The molecule has 1 heterocycles. The first-order valence-corrected chi connectivity index (χ1v) is 6.03. The monoisotopic (exact) mass is 229 g/mol. The summed E-state index contributed by atoms with van der Waals surface area (Å²) in [6, 6.07) is 4.08. The molecular weight excluding hydrogens is 216 g/mol. The molecule has 1 saturated heterocycles. The first-order chi connectivity index (χ1) is 7.25. The van der Waals surface area contributed by atoms with Crippen LogP contribution < -0.4 is 5.32 Å². The number of benzene rings is 1.